The fourth-order valence-electron chi connectivity index (χ4n) is 4.51. The fraction of sp³-hybridized carbons (Fsp3) is 0.320. The van der Waals surface area contributed by atoms with Gasteiger partial charge in [-0.15, -0.1) is 0 Å². The zero-order valence-electron chi connectivity index (χ0n) is 19.3. The van der Waals surface area contributed by atoms with Crippen molar-refractivity contribution < 1.29 is 9.84 Å². The molecule has 9 nitrogen and oxygen atoms in total. The summed E-state index contributed by atoms with van der Waals surface area (Å²) in [5, 5.41) is 19.3. The number of nitrogens with zero attached hydrogens (tertiary/aromatic N) is 6. The van der Waals surface area contributed by atoms with Crippen LogP contribution in [-0.4, -0.2) is 69.6 Å². The third-order valence-corrected chi connectivity index (χ3v) is 6.60. The standard InChI is InChI=1S/C25H27N7O2/c1-25(33)16-34-22-8-7-20(13-21(22)25)32-23-17(15-27-32)14-26-24(29-23)28-18-3-5-19(6-4-18)31-11-9-30(2)10-12-31/h3-8,13-15,33H,9-12,16H2,1-2H3,(H,26,28,29)/t25-/m0/s1. The van der Waals surface area contributed by atoms with Crippen LogP contribution in [0.4, 0.5) is 17.3 Å². The predicted molar refractivity (Wildman–Crippen MR) is 131 cm³/mol. The summed E-state index contributed by atoms with van der Waals surface area (Å²) in [6.45, 7) is 6.24. The van der Waals surface area contributed by atoms with Crippen LogP contribution in [0.2, 0.25) is 0 Å². The quantitative estimate of drug-likeness (QED) is 0.483. The van der Waals surface area contributed by atoms with E-state index in [9.17, 15) is 5.11 Å². The van der Waals surface area contributed by atoms with Crippen molar-refractivity contribution in [3.63, 3.8) is 0 Å². The first-order valence-corrected chi connectivity index (χ1v) is 11.5. The lowest BCUT2D eigenvalue weighted by atomic mass is 9.98. The minimum absolute atomic E-state index is 0.246. The number of hydrogen-bond donors (Lipinski definition) is 2. The highest BCUT2D eigenvalue weighted by molar-refractivity contribution is 5.77. The molecule has 6 rings (SSSR count). The SMILES string of the molecule is CN1CCN(c2ccc(Nc3ncc4cnn(-c5ccc6c(c5)[C@@](C)(O)CO6)c4n3)cc2)CC1. The Morgan fingerprint density at radius 2 is 1.76 bits per heavy atom. The largest absolute Gasteiger partial charge is 0.490 e. The number of nitrogens with one attached hydrogen (secondary N) is 1. The summed E-state index contributed by atoms with van der Waals surface area (Å²) in [7, 11) is 2.16. The zero-order valence-corrected chi connectivity index (χ0v) is 19.3. The number of hydrogen-bond acceptors (Lipinski definition) is 8. The number of likely N-dealkylation sites (N-methyl/N-ethyl adjacent to an activating group) is 1. The Morgan fingerprint density at radius 1 is 1.00 bits per heavy atom. The minimum Gasteiger partial charge on any atom is -0.490 e. The molecule has 0 amide bonds. The average Bonchev–Trinajstić information content (AvgIpc) is 3.40. The van der Waals surface area contributed by atoms with Crippen LogP contribution in [-0.2, 0) is 5.60 Å². The molecule has 0 bridgehead atoms. The molecule has 2 aliphatic heterocycles. The normalized spacial score (nSPS) is 20.4. The van der Waals surface area contributed by atoms with Crippen LogP contribution >= 0.6 is 0 Å². The first kappa shape index (κ1) is 20.9. The van der Waals surface area contributed by atoms with Crippen molar-refractivity contribution >= 4 is 28.4 Å². The second-order valence-corrected chi connectivity index (χ2v) is 9.23. The molecular formula is C25H27N7O2. The fourth-order valence-corrected chi connectivity index (χ4v) is 4.51. The first-order chi connectivity index (χ1) is 16.5. The van der Waals surface area contributed by atoms with E-state index in [2.05, 4.69) is 56.5 Å². The Morgan fingerprint density at radius 3 is 2.56 bits per heavy atom. The van der Waals surface area contributed by atoms with Gasteiger partial charge in [0.25, 0.3) is 0 Å². The van der Waals surface area contributed by atoms with Gasteiger partial charge in [-0.1, -0.05) is 0 Å². The van der Waals surface area contributed by atoms with Crippen LogP contribution in [0.15, 0.2) is 54.9 Å². The summed E-state index contributed by atoms with van der Waals surface area (Å²) in [6, 6.07) is 14.1. The van der Waals surface area contributed by atoms with E-state index < -0.39 is 5.60 Å². The molecule has 2 N–H and O–H groups in total. The number of ether oxygens (including phenoxy) is 1. The van der Waals surface area contributed by atoms with E-state index in [-0.39, 0.29) is 6.61 Å². The summed E-state index contributed by atoms with van der Waals surface area (Å²) in [4.78, 5) is 13.9. The number of aliphatic hydroxyl groups is 1. The molecule has 0 spiro atoms. The van der Waals surface area contributed by atoms with Gasteiger partial charge in [-0.3, -0.25) is 0 Å². The maximum absolute atomic E-state index is 10.6. The van der Waals surface area contributed by atoms with Crippen LogP contribution in [0.1, 0.15) is 12.5 Å². The van der Waals surface area contributed by atoms with Gasteiger partial charge >= 0.3 is 0 Å². The van der Waals surface area contributed by atoms with Gasteiger partial charge in [0.05, 0.1) is 17.3 Å². The van der Waals surface area contributed by atoms with Gasteiger partial charge in [-0.2, -0.15) is 10.1 Å². The highest BCUT2D eigenvalue weighted by atomic mass is 16.5. The lowest BCUT2D eigenvalue weighted by Gasteiger charge is -2.34. The summed E-state index contributed by atoms with van der Waals surface area (Å²) in [5.74, 6) is 1.19. The Balaban J connectivity index is 1.25. The summed E-state index contributed by atoms with van der Waals surface area (Å²) in [5.41, 5.74) is 3.37. The number of aromatic nitrogens is 4. The van der Waals surface area contributed by atoms with E-state index in [1.54, 1.807) is 24.0 Å². The molecule has 9 heteroatoms. The van der Waals surface area contributed by atoms with Gasteiger partial charge < -0.3 is 25.0 Å². The third-order valence-electron chi connectivity index (χ3n) is 6.60. The van der Waals surface area contributed by atoms with Crippen LogP contribution in [0.3, 0.4) is 0 Å². The molecule has 1 fully saturated rings. The summed E-state index contributed by atoms with van der Waals surface area (Å²) in [6.07, 6.45) is 3.51. The smallest absolute Gasteiger partial charge is 0.229 e. The van der Waals surface area contributed by atoms with Crippen molar-refractivity contribution in [2.45, 2.75) is 12.5 Å². The van der Waals surface area contributed by atoms with Crippen molar-refractivity contribution in [2.24, 2.45) is 0 Å². The molecule has 0 radical (unpaired) electrons. The number of benzene rings is 2. The molecular weight excluding hydrogens is 430 g/mol. The van der Waals surface area contributed by atoms with Gasteiger partial charge in [0, 0.05) is 49.3 Å². The molecule has 0 unspecified atom stereocenters. The topological polar surface area (TPSA) is 91.6 Å². The van der Waals surface area contributed by atoms with Crippen molar-refractivity contribution in [3.8, 4) is 11.4 Å². The maximum Gasteiger partial charge on any atom is 0.229 e. The lowest BCUT2D eigenvalue weighted by molar-refractivity contribution is 0.0349. The van der Waals surface area contributed by atoms with E-state index in [1.165, 1.54) is 5.69 Å². The van der Waals surface area contributed by atoms with Crippen LogP contribution in [0.25, 0.3) is 16.7 Å². The van der Waals surface area contributed by atoms with Crippen LogP contribution < -0.4 is 15.0 Å². The molecule has 0 saturated carbocycles. The molecule has 1 saturated heterocycles. The molecule has 2 aliphatic rings. The molecule has 4 aromatic rings. The second kappa shape index (κ2) is 7.96. The molecule has 1 atom stereocenters. The maximum atomic E-state index is 10.6. The molecule has 2 aromatic carbocycles. The Kier molecular flexibility index (Phi) is 4.89. The van der Waals surface area contributed by atoms with E-state index in [4.69, 9.17) is 9.72 Å². The average molecular weight is 458 g/mol. The number of rotatable bonds is 4. The number of fused-ring (bicyclic) bond motifs is 2. The van der Waals surface area contributed by atoms with E-state index >= 15 is 0 Å². The summed E-state index contributed by atoms with van der Waals surface area (Å²) < 4.78 is 7.35. The minimum atomic E-state index is -1.02. The lowest BCUT2D eigenvalue weighted by Crippen LogP contribution is -2.44. The van der Waals surface area contributed by atoms with Gasteiger partial charge in [0.2, 0.25) is 5.95 Å². The Bertz CT molecular complexity index is 1340. The van der Waals surface area contributed by atoms with Crippen molar-refractivity contribution in [3.05, 3.63) is 60.4 Å². The molecule has 4 heterocycles. The van der Waals surface area contributed by atoms with Crippen molar-refractivity contribution in [1.29, 1.82) is 0 Å². The molecule has 2 aromatic heterocycles. The van der Waals surface area contributed by atoms with E-state index in [0.29, 0.717) is 17.3 Å². The Hall–Kier alpha value is -3.69. The predicted octanol–water partition coefficient (Wildman–Crippen LogP) is 2.91. The molecule has 0 aliphatic carbocycles. The molecule has 174 valence electrons. The van der Waals surface area contributed by atoms with E-state index in [0.717, 1.165) is 48.5 Å². The van der Waals surface area contributed by atoms with Gasteiger partial charge in [0.15, 0.2) is 5.65 Å². The van der Waals surface area contributed by atoms with Crippen LogP contribution in [0.5, 0.6) is 5.75 Å². The van der Waals surface area contributed by atoms with Gasteiger partial charge in [-0.25, -0.2) is 9.67 Å². The Labute approximate surface area is 197 Å². The highest BCUT2D eigenvalue weighted by Crippen LogP contribution is 2.38. The number of piperazine rings is 1. The second-order valence-electron chi connectivity index (χ2n) is 9.23. The van der Waals surface area contributed by atoms with Crippen molar-refractivity contribution in [2.75, 3.05) is 50.1 Å². The van der Waals surface area contributed by atoms with Gasteiger partial charge in [-0.05, 0) is 56.4 Å². The van der Waals surface area contributed by atoms with Gasteiger partial charge in [0.1, 0.15) is 18.0 Å². The highest BCUT2D eigenvalue weighted by Gasteiger charge is 2.34. The van der Waals surface area contributed by atoms with Crippen molar-refractivity contribution in [1.82, 2.24) is 24.6 Å². The third kappa shape index (κ3) is 3.72. The monoisotopic (exact) mass is 457 g/mol. The molecule has 34 heavy (non-hydrogen) atoms. The van der Waals surface area contributed by atoms with Crippen LogP contribution in [0, 0.1) is 0 Å². The summed E-state index contributed by atoms with van der Waals surface area (Å²) >= 11 is 0. The number of anilines is 3. The van der Waals surface area contributed by atoms with E-state index in [1.807, 2.05) is 18.2 Å². The first-order valence-electron chi connectivity index (χ1n) is 11.5. The zero-order chi connectivity index (χ0) is 23.3.